The maximum absolute atomic E-state index is 12.3. The Kier molecular flexibility index (Phi) is 21.3. The second kappa shape index (κ2) is 26.0. The van der Waals surface area contributed by atoms with Crippen molar-refractivity contribution in [1.29, 1.82) is 0 Å². The molecule has 0 bridgehead atoms. The molecule has 5 amide bonds. The lowest BCUT2D eigenvalue weighted by molar-refractivity contribution is -0.133. The number of benzene rings is 3. The normalized spacial score (nSPS) is 16.3. The van der Waals surface area contributed by atoms with Crippen LogP contribution in [0.15, 0.2) is 89.5 Å². The Morgan fingerprint density at radius 1 is 0.892 bits per heavy atom. The Balaban J connectivity index is 0.000000193. The molecule has 15 nitrogen and oxygen atoms in total. The standard InChI is InChI=1S/C14H18N4O3.C12H13NO2S.C9H8Cl3NO2S.C8H8Cl2O2/c1-3-4-9-15-13(19)18-11-8-6-5-7-10(11)16-12(18)17-14(20)21-2;1-9-11(16-8-7-15-9)12(14)13-10-5-3-2-4-6-10;10-9(11,12)16-13-7(14)5-3-1-2-4-6(5)8(13)15;1-11-7-3-6(10)8(12-2)4-5(7)9/h5-8H,3-4,9H2,1-2H3,(H,15,19)(H,16,17,20);2-6H,7-8H2,1H3,(H,13,14);1-2,5-6H,3-4H2;3-4H,1-2H3. The van der Waals surface area contributed by atoms with Crippen molar-refractivity contribution >= 4 is 134 Å². The van der Waals surface area contributed by atoms with Crippen molar-refractivity contribution in [3.8, 4) is 11.5 Å². The number of carbonyl (C=O) groups excluding carboxylic acids is 5. The van der Waals surface area contributed by atoms with E-state index < -0.39 is 9.22 Å². The van der Waals surface area contributed by atoms with Crippen LogP contribution < -0.4 is 25.4 Å². The molecule has 1 fully saturated rings. The molecule has 0 radical (unpaired) electrons. The molecule has 22 heteroatoms. The van der Waals surface area contributed by atoms with Gasteiger partial charge in [0.1, 0.15) is 22.2 Å². The van der Waals surface area contributed by atoms with Gasteiger partial charge in [-0.1, -0.05) is 114 Å². The quantitative estimate of drug-likeness (QED) is 0.0476. The lowest BCUT2D eigenvalue weighted by atomic mass is 9.85. The van der Waals surface area contributed by atoms with E-state index >= 15 is 0 Å². The molecule has 3 N–H and O–H groups in total. The van der Waals surface area contributed by atoms with Crippen molar-refractivity contribution in [2.75, 3.05) is 50.9 Å². The van der Waals surface area contributed by atoms with Crippen molar-refractivity contribution in [2.24, 2.45) is 11.8 Å². The van der Waals surface area contributed by atoms with Gasteiger partial charge in [0.25, 0.3) is 9.03 Å². The number of nitrogens with one attached hydrogen (secondary N) is 3. The summed E-state index contributed by atoms with van der Waals surface area (Å²) in [4.78, 5) is 64.3. The molecule has 0 spiro atoms. The summed E-state index contributed by atoms with van der Waals surface area (Å²) in [6, 6.07) is 19.5. The first kappa shape index (κ1) is 53.1. The van der Waals surface area contributed by atoms with E-state index in [9.17, 15) is 24.0 Å². The number of anilines is 2. The van der Waals surface area contributed by atoms with Crippen LogP contribution in [0.4, 0.5) is 21.2 Å². The van der Waals surface area contributed by atoms with E-state index in [1.54, 1.807) is 36.0 Å². The fourth-order valence-electron chi connectivity index (χ4n) is 6.14. The molecule has 1 aromatic heterocycles. The highest BCUT2D eigenvalue weighted by atomic mass is 35.6. The average molecular weight is 1030 g/mol. The Bertz CT molecular complexity index is 2310. The Morgan fingerprint density at radius 2 is 1.48 bits per heavy atom. The largest absolute Gasteiger partial charge is 0.496 e. The summed E-state index contributed by atoms with van der Waals surface area (Å²) in [6.45, 7) is 5.12. The van der Waals surface area contributed by atoms with Crippen LogP contribution in [-0.2, 0) is 23.9 Å². The van der Waals surface area contributed by atoms with Gasteiger partial charge < -0.3 is 29.6 Å². The summed E-state index contributed by atoms with van der Waals surface area (Å²) in [5.74, 6) is 1.61. The molecular weight excluding hydrogens is 986 g/mol. The van der Waals surface area contributed by atoms with Crippen LogP contribution in [0.2, 0.25) is 10.0 Å². The maximum Gasteiger partial charge on any atom is 0.413 e. The number of ether oxygens (including phenoxy) is 4. The summed E-state index contributed by atoms with van der Waals surface area (Å²) >= 11 is 30.5. The van der Waals surface area contributed by atoms with Crippen molar-refractivity contribution < 1.29 is 42.9 Å². The minimum Gasteiger partial charge on any atom is -0.496 e. The van der Waals surface area contributed by atoms with Crippen LogP contribution in [0.25, 0.3) is 11.0 Å². The molecule has 65 heavy (non-hydrogen) atoms. The van der Waals surface area contributed by atoms with Crippen molar-refractivity contribution in [2.45, 2.75) is 42.7 Å². The Labute approximate surface area is 410 Å². The Morgan fingerprint density at radius 3 is 2.02 bits per heavy atom. The zero-order valence-corrected chi connectivity index (χ0v) is 41.2. The van der Waals surface area contributed by atoms with Crippen molar-refractivity contribution in [3.05, 3.63) is 99.6 Å². The summed E-state index contributed by atoms with van der Waals surface area (Å²) in [6.07, 6.45) is 6.20. The zero-order chi connectivity index (χ0) is 47.7. The smallest absolute Gasteiger partial charge is 0.413 e. The molecule has 3 aliphatic rings. The summed E-state index contributed by atoms with van der Waals surface area (Å²) in [7, 11) is 4.32. The number of carbonyl (C=O) groups is 5. The van der Waals surface area contributed by atoms with Gasteiger partial charge >= 0.3 is 12.1 Å². The molecule has 1 aliphatic carbocycles. The highest BCUT2D eigenvalue weighted by Gasteiger charge is 2.50. The van der Waals surface area contributed by atoms with Gasteiger partial charge in [-0.05, 0) is 50.5 Å². The molecule has 3 heterocycles. The van der Waals surface area contributed by atoms with Gasteiger partial charge in [-0.2, -0.15) is 0 Å². The lowest BCUT2D eigenvalue weighted by Crippen LogP contribution is -2.31. The predicted molar refractivity (Wildman–Crippen MR) is 260 cm³/mol. The third kappa shape index (κ3) is 15.5. The molecule has 3 aromatic carbocycles. The number of halogens is 5. The molecule has 4 aromatic rings. The number of methoxy groups -OCH3 is 3. The fraction of sp³-hybridized carbons (Fsp3) is 0.349. The van der Waals surface area contributed by atoms with Crippen LogP contribution in [0.1, 0.15) is 39.5 Å². The van der Waals surface area contributed by atoms with Crippen LogP contribution >= 0.6 is 81.7 Å². The van der Waals surface area contributed by atoms with Gasteiger partial charge in [-0.3, -0.25) is 19.7 Å². The molecule has 2 aliphatic heterocycles. The van der Waals surface area contributed by atoms with Gasteiger partial charge in [0.15, 0.2) is 0 Å². The highest BCUT2D eigenvalue weighted by molar-refractivity contribution is 8.04. The topological polar surface area (TPSA) is 179 Å². The van der Waals surface area contributed by atoms with E-state index in [1.807, 2.05) is 68.5 Å². The number of fused-ring (bicyclic) bond motifs is 2. The molecule has 0 saturated carbocycles. The molecule has 2 unspecified atom stereocenters. The average Bonchev–Trinajstić information content (AvgIpc) is 3.77. The zero-order valence-electron chi connectivity index (χ0n) is 35.8. The van der Waals surface area contributed by atoms with E-state index in [4.69, 9.17) is 72.2 Å². The summed E-state index contributed by atoms with van der Waals surface area (Å²) < 4.78 is 20.4. The number of hydrogen-bond donors (Lipinski definition) is 3. The number of unbranched alkanes of at least 4 members (excludes halogenated alkanes) is 1. The molecule has 1 saturated heterocycles. The van der Waals surface area contributed by atoms with Crippen LogP contribution in [0.3, 0.4) is 0 Å². The second-order valence-electron chi connectivity index (χ2n) is 13.6. The van der Waals surface area contributed by atoms with E-state index in [0.717, 1.165) is 28.6 Å². The van der Waals surface area contributed by atoms with Gasteiger partial charge in [0, 0.05) is 42.1 Å². The maximum atomic E-state index is 12.3. The molecule has 350 valence electrons. The van der Waals surface area contributed by atoms with Crippen molar-refractivity contribution in [1.82, 2.24) is 19.2 Å². The number of hydrogen-bond acceptors (Lipinski definition) is 12. The highest BCUT2D eigenvalue weighted by Crippen LogP contribution is 2.47. The summed E-state index contributed by atoms with van der Waals surface area (Å²) in [5, 5.41) is 9.07. The number of alkyl halides is 3. The van der Waals surface area contributed by atoms with Gasteiger partial charge in [-0.25, -0.2) is 23.4 Å². The van der Waals surface area contributed by atoms with Gasteiger partial charge in [0.05, 0.1) is 60.9 Å². The number of rotatable bonds is 9. The minimum atomic E-state index is -1.69. The third-order valence-electron chi connectivity index (χ3n) is 9.26. The van der Waals surface area contributed by atoms with Crippen LogP contribution in [0.5, 0.6) is 11.5 Å². The van der Waals surface area contributed by atoms with Gasteiger partial charge in [-0.15, -0.1) is 11.8 Å². The van der Waals surface area contributed by atoms with E-state index in [0.29, 0.717) is 81.2 Å². The fourth-order valence-corrected chi connectivity index (χ4v) is 8.69. The summed E-state index contributed by atoms with van der Waals surface area (Å²) in [5.41, 5.74) is 2.05. The first-order valence-corrected chi connectivity index (χ1v) is 23.5. The number of para-hydroxylation sites is 3. The molecular formula is C43H47Cl5N6O9S2. The predicted octanol–water partition coefficient (Wildman–Crippen LogP) is 11.1. The van der Waals surface area contributed by atoms with E-state index in [1.165, 1.54) is 25.9 Å². The van der Waals surface area contributed by atoms with Crippen molar-refractivity contribution in [3.63, 3.8) is 0 Å². The minimum absolute atomic E-state index is 0.0894. The number of nitrogens with zero attached hydrogens (tertiary/aromatic N) is 3. The number of allylic oxidation sites excluding steroid dienone is 3. The first-order valence-electron chi connectivity index (χ1n) is 19.8. The number of imide groups is 1. The Hall–Kier alpha value is -4.49. The van der Waals surface area contributed by atoms with Gasteiger partial charge in [0.2, 0.25) is 17.8 Å². The molecule has 2 atom stereocenters. The molecule has 7 rings (SSSR count). The number of imidazole rings is 1. The lowest BCUT2D eigenvalue weighted by Gasteiger charge is -2.17. The monoisotopic (exact) mass is 1030 g/mol. The first-order chi connectivity index (χ1) is 31.0. The van der Waals surface area contributed by atoms with Crippen LogP contribution in [0, 0.1) is 11.8 Å². The van der Waals surface area contributed by atoms with E-state index in [-0.39, 0.29) is 41.5 Å². The number of aromatic nitrogens is 2. The number of amides is 5. The second-order valence-corrected chi connectivity index (χ2v) is 19.7. The van der Waals surface area contributed by atoms with Crippen LogP contribution in [-0.4, -0.2) is 87.1 Å². The SMILES string of the molecule is CC1=C(C(=O)Nc2ccccc2)SCCO1.CCCCNC(=O)n1c(NC(=O)OC)nc2ccccc21.COc1cc(Cl)c(OC)cc1Cl.O=C1C2CC=CCC2C(=O)N1SC(Cl)(Cl)Cl. The third-order valence-corrected chi connectivity index (χ3v) is 12.4. The van der Waals surface area contributed by atoms with E-state index in [2.05, 4.69) is 25.7 Å². The number of thioether (sulfide) groups is 1.